The van der Waals surface area contributed by atoms with Crippen LogP contribution < -0.4 is 4.80 Å². The number of carbonyl (C=O) groups excluding carboxylic acids is 1. The average molecular weight is 386 g/mol. The third-order valence-electron chi connectivity index (χ3n) is 3.48. The molecule has 0 aliphatic heterocycles. The molecule has 3 aromatic rings. The molecule has 134 valence electrons. The molecule has 2 heterocycles. The molecular weight excluding hydrogens is 366 g/mol. The maximum Gasteiger partial charge on any atom is 0.337 e. The molecule has 1 aromatic carbocycles. The monoisotopic (exact) mass is 385 g/mol. The van der Waals surface area contributed by atoms with Crippen LogP contribution in [-0.4, -0.2) is 30.0 Å². The van der Waals surface area contributed by atoms with Gasteiger partial charge in [-0.1, -0.05) is 18.2 Å². The van der Waals surface area contributed by atoms with Gasteiger partial charge in [0.1, 0.15) is 0 Å². The molecule has 0 unspecified atom stereocenters. The van der Waals surface area contributed by atoms with Crippen LogP contribution in [0, 0.1) is 0 Å². The van der Waals surface area contributed by atoms with E-state index in [1.807, 2.05) is 42.1 Å². The number of methoxy groups -OCH3 is 1. The van der Waals surface area contributed by atoms with Crippen LogP contribution >= 0.6 is 22.7 Å². The minimum atomic E-state index is -0.348. The molecule has 0 saturated carbocycles. The maximum atomic E-state index is 11.5. The Bertz CT molecular complexity index is 965. The second kappa shape index (κ2) is 8.25. The molecule has 5 nitrogen and oxygen atoms in total. The Labute approximate surface area is 159 Å². The highest BCUT2D eigenvalue weighted by Gasteiger charge is 2.09. The summed E-state index contributed by atoms with van der Waals surface area (Å²) in [5, 5.41) is 8.76. The quantitative estimate of drug-likeness (QED) is 0.487. The third kappa shape index (κ3) is 4.17. The molecule has 0 amide bonds. The molecule has 0 radical (unpaired) electrons. The lowest BCUT2D eigenvalue weighted by molar-refractivity contribution is 0.0600. The number of carbonyl (C=O) groups is 1. The second-order valence-electron chi connectivity index (χ2n) is 5.77. The van der Waals surface area contributed by atoms with E-state index in [2.05, 4.69) is 21.5 Å². The molecule has 2 aromatic heterocycles. The zero-order valence-electron chi connectivity index (χ0n) is 14.7. The molecule has 0 aliphatic carbocycles. The van der Waals surface area contributed by atoms with Gasteiger partial charge in [-0.3, -0.25) is 4.99 Å². The molecule has 3 rings (SSSR count). The van der Waals surface area contributed by atoms with E-state index in [0.717, 1.165) is 20.9 Å². The smallest absolute Gasteiger partial charge is 0.337 e. The summed E-state index contributed by atoms with van der Waals surface area (Å²) in [6.45, 7) is 4.09. The largest absolute Gasteiger partial charge is 0.465 e. The summed E-state index contributed by atoms with van der Waals surface area (Å²) in [5.74, 6) is -0.348. The summed E-state index contributed by atoms with van der Waals surface area (Å²) >= 11 is 3.25. The fourth-order valence-corrected chi connectivity index (χ4v) is 4.03. The summed E-state index contributed by atoms with van der Waals surface area (Å²) < 4.78 is 6.58. The summed E-state index contributed by atoms with van der Waals surface area (Å²) in [6, 6.07) is 11.4. The Morgan fingerprint density at radius 1 is 1.19 bits per heavy atom. The predicted octanol–water partition coefficient (Wildman–Crippen LogP) is 4.26. The van der Waals surface area contributed by atoms with Gasteiger partial charge in [-0.15, -0.1) is 22.7 Å². The lowest BCUT2D eigenvalue weighted by atomic mass is 10.1. The van der Waals surface area contributed by atoms with Crippen molar-refractivity contribution in [2.75, 3.05) is 7.11 Å². The van der Waals surface area contributed by atoms with Crippen molar-refractivity contribution >= 4 is 34.9 Å². The first-order chi connectivity index (χ1) is 12.6. The van der Waals surface area contributed by atoms with E-state index in [0.29, 0.717) is 5.56 Å². The van der Waals surface area contributed by atoms with Crippen molar-refractivity contribution in [2.45, 2.75) is 19.9 Å². The standard InChI is InChI=1S/C19H19N3O2S2/c1-13(2)21-19-22(16(12-26-19)17-5-4-10-25-17)20-11-14-6-8-15(9-7-14)18(23)24-3/h4-13H,1-3H3. The van der Waals surface area contributed by atoms with Crippen LogP contribution in [0.4, 0.5) is 0 Å². The summed E-state index contributed by atoms with van der Waals surface area (Å²) in [5.41, 5.74) is 2.43. The van der Waals surface area contributed by atoms with Gasteiger partial charge >= 0.3 is 5.97 Å². The molecule has 0 fully saturated rings. The van der Waals surface area contributed by atoms with Gasteiger partial charge in [-0.05, 0) is 43.0 Å². The Balaban J connectivity index is 1.96. The zero-order chi connectivity index (χ0) is 18.5. The number of rotatable bonds is 5. The summed E-state index contributed by atoms with van der Waals surface area (Å²) in [6.07, 6.45) is 1.77. The lowest BCUT2D eigenvalue weighted by Crippen LogP contribution is -2.14. The van der Waals surface area contributed by atoms with E-state index in [1.165, 1.54) is 7.11 Å². The van der Waals surface area contributed by atoms with Gasteiger partial charge in [0.15, 0.2) is 0 Å². The van der Waals surface area contributed by atoms with E-state index in [1.54, 1.807) is 41.0 Å². The Hall–Kier alpha value is -2.51. The van der Waals surface area contributed by atoms with E-state index in [4.69, 9.17) is 4.74 Å². The normalized spacial score (nSPS) is 12.2. The zero-order valence-corrected chi connectivity index (χ0v) is 16.4. The van der Waals surface area contributed by atoms with Gasteiger partial charge in [0.05, 0.1) is 29.5 Å². The van der Waals surface area contributed by atoms with Crippen LogP contribution in [0.1, 0.15) is 29.8 Å². The van der Waals surface area contributed by atoms with Crippen molar-refractivity contribution in [3.05, 3.63) is 63.1 Å². The van der Waals surface area contributed by atoms with Crippen LogP contribution in [0.3, 0.4) is 0 Å². The first kappa shape index (κ1) is 18.3. The van der Waals surface area contributed by atoms with Crippen LogP contribution in [0.25, 0.3) is 10.6 Å². The number of benzene rings is 1. The number of thiazole rings is 1. The van der Waals surface area contributed by atoms with Gasteiger partial charge in [-0.2, -0.15) is 5.10 Å². The minimum absolute atomic E-state index is 0.186. The van der Waals surface area contributed by atoms with Crippen molar-refractivity contribution in [1.29, 1.82) is 0 Å². The topological polar surface area (TPSA) is 55.9 Å². The van der Waals surface area contributed by atoms with Gasteiger partial charge in [0.2, 0.25) is 4.80 Å². The van der Waals surface area contributed by atoms with Crippen molar-refractivity contribution < 1.29 is 9.53 Å². The molecule has 7 heteroatoms. The third-order valence-corrected chi connectivity index (χ3v) is 5.20. The highest BCUT2D eigenvalue weighted by molar-refractivity contribution is 7.14. The molecule has 0 aliphatic rings. The number of esters is 1. The van der Waals surface area contributed by atoms with E-state index < -0.39 is 0 Å². The lowest BCUT2D eigenvalue weighted by Gasteiger charge is -2.02. The van der Waals surface area contributed by atoms with E-state index >= 15 is 0 Å². The highest BCUT2D eigenvalue weighted by Crippen LogP contribution is 2.25. The van der Waals surface area contributed by atoms with Gasteiger partial charge in [0, 0.05) is 11.4 Å². The van der Waals surface area contributed by atoms with Crippen molar-refractivity contribution in [3.8, 4) is 10.6 Å². The fraction of sp³-hybridized carbons (Fsp3) is 0.211. The number of hydrogen-bond donors (Lipinski definition) is 0. The number of ether oxygens (including phenoxy) is 1. The van der Waals surface area contributed by atoms with Crippen LogP contribution in [0.15, 0.2) is 57.3 Å². The van der Waals surface area contributed by atoms with Gasteiger partial charge in [-0.25, -0.2) is 9.47 Å². The van der Waals surface area contributed by atoms with E-state index in [9.17, 15) is 4.79 Å². The Kier molecular flexibility index (Phi) is 5.80. The number of thiophene rings is 1. The molecule has 26 heavy (non-hydrogen) atoms. The highest BCUT2D eigenvalue weighted by atomic mass is 32.1. The maximum absolute atomic E-state index is 11.5. The number of hydrogen-bond acceptors (Lipinski definition) is 6. The molecule has 0 spiro atoms. The second-order valence-corrected chi connectivity index (χ2v) is 7.56. The summed E-state index contributed by atoms with van der Waals surface area (Å²) in [4.78, 5) is 18.2. The molecule has 0 N–H and O–H groups in total. The first-order valence-corrected chi connectivity index (χ1v) is 9.85. The Morgan fingerprint density at radius 2 is 1.96 bits per heavy atom. The van der Waals surface area contributed by atoms with Crippen LogP contribution in [-0.2, 0) is 4.74 Å². The Morgan fingerprint density at radius 3 is 2.58 bits per heavy atom. The average Bonchev–Trinajstić information content (AvgIpc) is 3.29. The molecule has 0 atom stereocenters. The molecule has 0 bridgehead atoms. The molecular formula is C19H19N3O2S2. The minimum Gasteiger partial charge on any atom is -0.465 e. The van der Waals surface area contributed by atoms with E-state index in [-0.39, 0.29) is 12.0 Å². The first-order valence-electron chi connectivity index (χ1n) is 8.09. The summed E-state index contributed by atoms with van der Waals surface area (Å²) in [7, 11) is 1.37. The van der Waals surface area contributed by atoms with Crippen molar-refractivity contribution in [2.24, 2.45) is 10.1 Å². The predicted molar refractivity (Wildman–Crippen MR) is 107 cm³/mol. The SMILES string of the molecule is COC(=O)c1ccc(C=Nn2c(-c3cccs3)csc2=NC(C)C)cc1. The van der Waals surface area contributed by atoms with Crippen LogP contribution in [0.5, 0.6) is 0 Å². The van der Waals surface area contributed by atoms with Crippen LogP contribution in [0.2, 0.25) is 0 Å². The van der Waals surface area contributed by atoms with Crippen molar-refractivity contribution in [1.82, 2.24) is 4.68 Å². The number of nitrogens with zero attached hydrogens (tertiary/aromatic N) is 3. The fourth-order valence-electron chi connectivity index (χ4n) is 2.26. The molecule has 0 saturated heterocycles. The van der Waals surface area contributed by atoms with Crippen molar-refractivity contribution in [3.63, 3.8) is 0 Å². The number of aromatic nitrogens is 1. The van der Waals surface area contributed by atoms with Gasteiger partial charge in [0.25, 0.3) is 0 Å². The van der Waals surface area contributed by atoms with Gasteiger partial charge < -0.3 is 4.74 Å².